The summed E-state index contributed by atoms with van der Waals surface area (Å²) < 4.78 is 1.97. The first-order valence-electron chi connectivity index (χ1n) is 4.17. The lowest BCUT2D eigenvalue weighted by Crippen LogP contribution is -1.96. The Bertz CT molecular complexity index is 430. The lowest BCUT2D eigenvalue weighted by Gasteiger charge is -2.00. The molecule has 1 radical (unpaired) electrons. The van der Waals surface area contributed by atoms with Gasteiger partial charge in [-0.05, 0) is 24.8 Å². The minimum atomic E-state index is 0.774. The summed E-state index contributed by atoms with van der Waals surface area (Å²) in [5.74, 6) is 0.774. The Morgan fingerprint density at radius 2 is 2.33 bits per heavy atom. The first-order valence-corrected chi connectivity index (χ1v) is 4.17. The second-order valence-corrected chi connectivity index (χ2v) is 3.11. The molecule has 3 nitrogen and oxygen atoms in total. The average molecular weight is 158 g/mol. The van der Waals surface area contributed by atoms with E-state index in [2.05, 4.69) is 16.2 Å². The van der Waals surface area contributed by atoms with Gasteiger partial charge in [0.05, 0.1) is 12.4 Å². The van der Waals surface area contributed by atoms with Crippen LogP contribution in [0.15, 0.2) is 12.4 Å². The van der Waals surface area contributed by atoms with E-state index in [4.69, 9.17) is 0 Å². The fraction of sp³-hybridized carbons (Fsp3) is 0.333. The molecule has 0 saturated heterocycles. The largest absolute Gasteiger partial charge is 0.279 e. The number of rotatable bonds is 0. The molecule has 0 bridgehead atoms. The number of aromatic nitrogens is 3. The van der Waals surface area contributed by atoms with Gasteiger partial charge >= 0.3 is 0 Å². The maximum atomic E-state index is 4.23. The van der Waals surface area contributed by atoms with E-state index in [9.17, 15) is 0 Å². The summed E-state index contributed by atoms with van der Waals surface area (Å²) in [7, 11) is 0. The molecule has 0 aliphatic heterocycles. The van der Waals surface area contributed by atoms with Crippen LogP contribution in [-0.2, 0) is 12.8 Å². The lowest BCUT2D eigenvalue weighted by atomic mass is 10.3. The second kappa shape index (κ2) is 2.06. The van der Waals surface area contributed by atoms with Crippen molar-refractivity contribution in [3.63, 3.8) is 0 Å². The van der Waals surface area contributed by atoms with Crippen LogP contribution >= 0.6 is 0 Å². The van der Waals surface area contributed by atoms with Gasteiger partial charge in [-0.15, -0.1) is 0 Å². The number of hydrogen-bond acceptors (Lipinski definition) is 2. The van der Waals surface area contributed by atoms with Crippen LogP contribution in [0.1, 0.15) is 17.7 Å². The maximum Gasteiger partial charge on any atom is 0.234 e. The molecule has 0 N–H and O–H groups in total. The van der Waals surface area contributed by atoms with Gasteiger partial charge in [-0.1, -0.05) is 0 Å². The minimum Gasteiger partial charge on any atom is -0.279 e. The predicted octanol–water partition coefficient (Wildman–Crippen LogP) is 1.02. The number of nitrogens with zero attached hydrogens (tertiary/aromatic N) is 3. The first kappa shape index (κ1) is 6.17. The molecule has 0 fully saturated rings. The Balaban J connectivity index is 2.46. The van der Waals surface area contributed by atoms with Gasteiger partial charge in [-0.25, -0.2) is 9.97 Å². The molecular weight excluding hydrogens is 150 g/mol. The van der Waals surface area contributed by atoms with Crippen molar-refractivity contribution in [2.45, 2.75) is 19.3 Å². The van der Waals surface area contributed by atoms with Crippen molar-refractivity contribution < 1.29 is 0 Å². The summed E-state index contributed by atoms with van der Waals surface area (Å²) in [6.07, 6.45) is 10.2. The van der Waals surface area contributed by atoms with E-state index >= 15 is 0 Å². The van der Waals surface area contributed by atoms with Gasteiger partial charge in [0, 0.05) is 11.9 Å². The van der Waals surface area contributed by atoms with E-state index in [0.29, 0.717) is 0 Å². The van der Waals surface area contributed by atoms with Crippen LogP contribution in [0, 0.1) is 6.20 Å². The van der Waals surface area contributed by atoms with E-state index in [-0.39, 0.29) is 0 Å². The molecule has 2 aromatic rings. The van der Waals surface area contributed by atoms with Gasteiger partial charge in [0.2, 0.25) is 5.78 Å². The molecule has 0 amide bonds. The van der Waals surface area contributed by atoms with Crippen molar-refractivity contribution in [1.29, 1.82) is 0 Å². The molecule has 3 rings (SSSR count). The summed E-state index contributed by atoms with van der Waals surface area (Å²) in [6, 6.07) is 0. The van der Waals surface area contributed by atoms with Gasteiger partial charge in [0.1, 0.15) is 0 Å². The second-order valence-electron chi connectivity index (χ2n) is 3.11. The van der Waals surface area contributed by atoms with Crippen molar-refractivity contribution in [2.24, 2.45) is 0 Å². The fourth-order valence-corrected chi connectivity index (χ4v) is 1.83. The van der Waals surface area contributed by atoms with Gasteiger partial charge in [-0.2, -0.15) is 0 Å². The van der Waals surface area contributed by atoms with Gasteiger partial charge in [0.15, 0.2) is 0 Å². The standard InChI is InChI=1S/C9H8N3/c1-2-7-6-11-9-10-4-5-12(9)8(7)3-1/h4,6H,1-3H2. The monoisotopic (exact) mass is 158 g/mol. The molecule has 12 heavy (non-hydrogen) atoms. The SMILES string of the molecule is [c]1cnc2ncc3c(n12)CCC3. The third-order valence-corrected chi connectivity index (χ3v) is 2.40. The molecule has 0 atom stereocenters. The molecular formula is C9H8N3. The third kappa shape index (κ3) is 0.656. The highest BCUT2D eigenvalue weighted by molar-refractivity contribution is 5.35. The van der Waals surface area contributed by atoms with E-state index in [1.165, 1.54) is 17.7 Å². The van der Waals surface area contributed by atoms with Crippen molar-refractivity contribution in [1.82, 2.24) is 14.4 Å². The lowest BCUT2D eigenvalue weighted by molar-refractivity contribution is 0.886. The van der Waals surface area contributed by atoms with Gasteiger partial charge in [-0.3, -0.25) is 4.40 Å². The van der Waals surface area contributed by atoms with Gasteiger partial charge in [0.25, 0.3) is 0 Å². The zero-order valence-corrected chi connectivity index (χ0v) is 6.62. The van der Waals surface area contributed by atoms with Crippen LogP contribution < -0.4 is 0 Å². The number of aryl methyl sites for hydroxylation is 2. The summed E-state index contributed by atoms with van der Waals surface area (Å²) in [6.45, 7) is 0. The highest BCUT2D eigenvalue weighted by Crippen LogP contribution is 2.20. The number of hydrogen-bond donors (Lipinski definition) is 0. The average Bonchev–Trinajstić information content (AvgIpc) is 2.71. The smallest absolute Gasteiger partial charge is 0.234 e. The van der Waals surface area contributed by atoms with Crippen molar-refractivity contribution in [3.8, 4) is 0 Å². The van der Waals surface area contributed by atoms with Crippen molar-refractivity contribution in [3.05, 3.63) is 29.8 Å². The van der Waals surface area contributed by atoms with Gasteiger partial charge < -0.3 is 0 Å². The van der Waals surface area contributed by atoms with E-state index in [0.717, 1.165) is 18.6 Å². The zero-order chi connectivity index (χ0) is 7.97. The summed E-state index contributed by atoms with van der Waals surface area (Å²) in [4.78, 5) is 8.33. The molecule has 59 valence electrons. The van der Waals surface area contributed by atoms with E-state index in [1.807, 2.05) is 10.6 Å². The normalized spacial score (nSPS) is 15.3. The fourth-order valence-electron chi connectivity index (χ4n) is 1.83. The Hall–Kier alpha value is -1.38. The van der Waals surface area contributed by atoms with Crippen LogP contribution in [0.2, 0.25) is 0 Å². The minimum absolute atomic E-state index is 0.774. The highest BCUT2D eigenvalue weighted by Gasteiger charge is 2.14. The van der Waals surface area contributed by atoms with Crippen LogP contribution in [0.25, 0.3) is 5.78 Å². The predicted molar refractivity (Wildman–Crippen MR) is 43.8 cm³/mol. The van der Waals surface area contributed by atoms with Crippen LogP contribution in [0.4, 0.5) is 0 Å². The van der Waals surface area contributed by atoms with Crippen LogP contribution in [0.5, 0.6) is 0 Å². The molecule has 2 aromatic heterocycles. The Morgan fingerprint density at radius 3 is 3.33 bits per heavy atom. The summed E-state index contributed by atoms with van der Waals surface area (Å²) in [5, 5.41) is 0. The van der Waals surface area contributed by atoms with E-state index in [1.54, 1.807) is 6.20 Å². The van der Waals surface area contributed by atoms with Crippen LogP contribution in [0.3, 0.4) is 0 Å². The van der Waals surface area contributed by atoms with E-state index < -0.39 is 0 Å². The molecule has 1 aliphatic carbocycles. The molecule has 3 heteroatoms. The van der Waals surface area contributed by atoms with Crippen LogP contribution in [-0.4, -0.2) is 14.4 Å². The van der Waals surface area contributed by atoms with Crippen molar-refractivity contribution in [2.75, 3.05) is 0 Å². The molecule has 0 saturated carbocycles. The third-order valence-electron chi connectivity index (χ3n) is 2.40. The molecule has 0 unspecified atom stereocenters. The topological polar surface area (TPSA) is 30.2 Å². The highest BCUT2D eigenvalue weighted by atomic mass is 15.1. The summed E-state index contributed by atoms with van der Waals surface area (Å²) in [5.41, 5.74) is 2.70. The maximum absolute atomic E-state index is 4.23. The quantitative estimate of drug-likeness (QED) is 0.573. The molecule has 1 aliphatic rings. The zero-order valence-electron chi connectivity index (χ0n) is 6.62. The number of fused-ring (bicyclic) bond motifs is 3. The van der Waals surface area contributed by atoms with Crippen molar-refractivity contribution >= 4 is 5.78 Å². The first-order chi connectivity index (χ1) is 5.95. The molecule has 0 aromatic carbocycles. The Labute approximate surface area is 70.1 Å². The molecule has 0 spiro atoms. The number of imidazole rings is 1. The molecule has 2 heterocycles. The Morgan fingerprint density at radius 1 is 1.33 bits per heavy atom. The Kier molecular flexibility index (Phi) is 1.06. The summed E-state index contributed by atoms with van der Waals surface area (Å²) >= 11 is 0.